The Bertz CT molecular complexity index is 1070. The van der Waals surface area contributed by atoms with E-state index in [1.54, 1.807) is 0 Å². The van der Waals surface area contributed by atoms with Gasteiger partial charge in [-0.3, -0.25) is 0 Å². The Hall–Kier alpha value is -3.16. The molecule has 0 radical (unpaired) electrons. The van der Waals surface area contributed by atoms with Crippen molar-refractivity contribution >= 4 is 5.82 Å². The number of rotatable bonds is 2. The normalized spacial score (nSPS) is 15.8. The van der Waals surface area contributed by atoms with Gasteiger partial charge in [-0.1, -0.05) is 12.1 Å². The minimum Gasteiger partial charge on any atom is -0.486 e. The molecule has 0 aliphatic carbocycles. The molecule has 5 rings (SSSR count). The summed E-state index contributed by atoms with van der Waals surface area (Å²) in [6.45, 7) is 1.82. The number of nitrogens with zero attached hydrogens (tertiary/aromatic N) is 2. The molecule has 1 N–H and O–H groups in total. The minimum atomic E-state index is -4.36. The highest BCUT2D eigenvalue weighted by atomic mass is 19.4. The molecule has 1 aromatic heterocycles. The third-order valence-electron chi connectivity index (χ3n) is 5.39. The van der Waals surface area contributed by atoms with Crippen LogP contribution in [0.2, 0.25) is 0 Å². The van der Waals surface area contributed by atoms with Crippen molar-refractivity contribution in [3.63, 3.8) is 0 Å². The van der Waals surface area contributed by atoms with Gasteiger partial charge in [0, 0.05) is 23.7 Å². The lowest BCUT2D eigenvalue weighted by molar-refractivity contribution is -0.137. The molecule has 0 unspecified atom stereocenters. The van der Waals surface area contributed by atoms with Gasteiger partial charge in [-0.15, -0.1) is 0 Å². The monoisotopic (exact) mass is 415 g/mol. The molecule has 3 aromatic rings. The fraction of sp³-hybridized carbons (Fsp3) is 0.318. The first-order valence-electron chi connectivity index (χ1n) is 9.94. The number of alkyl halides is 3. The zero-order valence-electron chi connectivity index (χ0n) is 16.1. The summed E-state index contributed by atoms with van der Waals surface area (Å²) < 4.78 is 52.0. The Labute approximate surface area is 171 Å². The molecule has 2 aliphatic rings. The summed E-state index contributed by atoms with van der Waals surface area (Å²) in [7, 11) is 0. The van der Waals surface area contributed by atoms with Crippen molar-refractivity contribution in [2.24, 2.45) is 0 Å². The molecular weight excluding hydrogens is 395 g/mol. The molecule has 0 saturated heterocycles. The Kier molecular flexibility index (Phi) is 4.56. The molecule has 2 aromatic carbocycles. The summed E-state index contributed by atoms with van der Waals surface area (Å²) in [4.78, 5) is 0. The van der Waals surface area contributed by atoms with Gasteiger partial charge < -0.3 is 14.8 Å². The maximum absolute atomic E-state index is 13.0. The second-order valence-electron chi connectivity index (χ2n) is 7.37. The first-order valence-corrected chi connectivity index (χ1v) is 9.94. The summed E-state index contributed by atoms with van der Waals surface area (Å²) in [5, 5.41) is 8.24. The largest absolute Gasteiger partial charge is 0.486 e. The third kappa shape index (κ3) is 3.36. The zero-order valence-corrected chi connectivity index (χ0v) is 16.1. The standard InChI is InChI=1S/C22H20F3N3O2/c23-22(24,25)15-6-4-14(5-7-15)20-17-3-1-2-10-26-21(17)28(27-20)16-8-9-18-19(13-16)30-12-11-29-18/h4-9,13,26H,1-3,10-12H2. The van der Waals surface area contributed by atoms with Crippen molar-refractivity contribution < 1.29 is 22.6 Å². The second-order valence-corrected chi connectivity index (χ2v) is 7.37. The van der Waals surface area contributed by atoms with E-state index in [1.165, 1.54) is 12.1 Å². The smallest absolute Gasteiger partial charge is 0.416 e. The van der Waals surface area contributed by atoms with E-state index in [2.05, 4.69) is 5.32 Å². The molecule has 8 heteroatoms. The number of benzene rings is 2. The first kappa shape index (κ1) is 18.8. The van der Waals surface area contributed by atoms with Crippen LogP contribution < -0.4 is 14.8 Å². The molecule has 156 valence electrons. The van der Waals surface area contributed by atoms with E-state index in [1.807, 2.05) is 22.9 Å². The van der Waals surface area contributed by atoms with Gasteiger partial charge in [0.2, 0.25) is 0 Å². The van der Waals surface area contributed by atoms with Crippen LogP contribution >= 0.6 is 0 Å². The number of hydrogen-bond acceptors (Lipinski definition) is 4. The number of anilines is 1. The summed E-state index contributed by atoms with van der Waals surface area (Å²) in [6.07, 6.45) is -1.55. The van der Waals surface area contributed by atoms with Crippen LogP contribution in [-0.2, 0) is 12.6 Å². The van der Waals surface area contributed by atoms with Crippen molar-refractivity contribution in [3.05, 3.63) is 53.6 Å². The van der Waals surface area contributed by atoms with Crippen molar-refractivity contribution in [3.8, 4) is 28.4 Å². The second kappa shape index (κ2) is 7.27. The van der Waals surface area contributed by atoms with Gasteiger partial charge in [0.05, 0.1) is 16.9 Å². The third-order valence-corrected chi connectivity index (χ3v) is 5.39. The fourth-order valence-electron chi connectivity index (χ4n) is 3.90. The molecule has 0 bridgehead atoms. The predicted molar refractivity (Wildman–Crippen MR) is 106 cm³/mol. The summed E-state index contributed by atoms with van der Waals surface area (Å²) in [5.41, 5.74) is 2.52. The molecule has 30 heavy (non-hydrogen) atoms. The molecule has 0 spiro atoms. The Morgan fingerprint density at radius 1 is 0.933 bits per heavy atom. The van der Waals surface area contributed by atoms with Crippen LogP contribution in [0.4, 0.5) is 19.0 Å². The number of hydrogen-bond donors (Lipinski definition) is 1. The molecule has 0 amide bonds. The lowest BCUT2D eigenvalue weighted by atomic mass is 10.0. The van der Waals surface area contributed by atoms with Crippen LogP contribution in [-0.4, -0.2) is 29.5 Å². The highest BCUT2D eigenvalue weighted by Crippen LogP contribution is 2.38. The van der Waals surface area contributed by atoms with Crippen molar-refractivity contribution in [1.29, 1.82) is 0 Å². The number of nitrogens with one attached hydrogen (secondary N) is 1. The average molecular weight is 415 g/mol. The molecule has 3 heterocycles. The zero-order chi connectivity index (χ0) is 20.7. The number of aromatic nitrogens is 2. The van der Waals surface area contributed by atoms with Crippen molar-refractivity contribution in [1.82, 2.24) is 9.78 Å². The highest BCUT2D eigenvalue weighted by molar-refractivity contribution is 5.72. The predicted octanol–water partition coefficient (Wildman–Crippen LogP) is 5.08. The van der Waals surface area contributed by atoms with E-state index in [4.69, 9.17) is 14.6 Å². The summed E-state index contributed by atoms with van der Waals surface area (Å²) in [5.74, 6) is 2.23. The maximum Gasteiger partial charge on any atom is 0.416 e. The lowest BCUT2D eigenvalue weighted by Crippen LogP contribution is -2.15. The van der Waals surface area contributed by atoms with Gasteiger partial charge >= 0.3 is 6.18 Å². The van der Waals surface area contributed by atoms with E-state index < -0.39 is 11.7 Å². The van der Waals surface area contributed by atoms with Gasteiger partial charge in [-0.25, -0.2) is 4.68 Å². The van der Waals surface area contributed by atoms with Crippen LogP contribution in [0.15, 0.2) is 42.5 Å². The van der Waals surface area contributed by atoms with Gasteiger partial charge in [0.25, 0.3) is 0 Å². The highest BCUT2D eigenvalue weighted by Gasteiger charge is 2.30. The van der Waals surface area contributed by atoms with Gasteiger partial charge in [-0.05, 0) is 43.5 Å². The number of halogens is 3. The Morgan fingerprint density at radius 3 is 2.47 bits per heavy atom. The van der Waals surface area contributed by atoms with Gasteiger partial charge in [-0.2, -0.15) is 18.3 Å². The summed E-state index contributed by atoms with van der Waals surface area (Å²) in [6, 6.07) is 10.8. The van der Waals surface area contributed by atoms with E-state index in [9.17, 15) is 13.2 Å². The minimum absolute atomic E-state index is 0.489. The number of fused-ring (bicyclic) bond motifs is 2. The topological polar surface area (TPSA) is 48.3 Å². The quantitative estimate of drug-likeness (QED) is 0.634. The lowest BCUT2D eigenvalue weighted by Gasteiger charge is -2.19. The van der Waals surface area contributed by atoms with Gasteiger partial charge in [0.15, 0.2) is 11.5 Å². The summed E-state index contributed by atoms with van der Waals surface area (Å²) >= 11 is 0. The SMILES string of the molecule is FC(F)(F)c1ccc(-c2nn(-c3ccc4c(c3)OCCO4)c3c2CCCCN3)cc1. The van der Waals surface area contributed by atoms with Crippen LogP contribution in [0.3, 0.4) is 0 Å². The van der Waals surface area contributed by atoms with Crippen molar-refractivity contribution in [2.45, 2.75) is 25.4 Å². The van der Waals surface area contributed by atoms with Crippen LogP contribution in [0, 0.1) is 0 Å². The first-order chi connectivity index (χ1) is 14.5. The van der Waals surface area contributed by atoms with Crippen molar-refractivity contribution in [2.75, 3.05) is 25.1 Å². The maximum atomic E-state index is 13.0. The number of ether oxygens (including phenoxy) is 2. The van der Waals surface area contributed by atoms with E-state index in [0.717, 1.165) is 55.0 Å². The molecule has 0 fully saturated rings. The van der Waals surface area contributed by atoms with Crippen LogP contribution in [0.1, 0.15) is 24.0 Å². The van der Waals surface area contributed by atoms with Gasteiger partial charge in [0.1, 0.15) is 19.0 Å². The molecular formula is C22H20F3N3O2. The molecule has 5 nitrogen and oxygen atoms in total. The van der Waals surface area contributed by atoms with E-state index in [-0.39, 0.29) is 0 Å². The fourth-order valence-corrected chi connectivity index (χ4v) is 3.90. The molecule has 0 atom stereocenters. The van der Waals surface area contributed by atoms with E-state index >= 15 is 0 Å². The van der Waals surface area contributed by atoms with Crippen LogP contribution in [0.5, 0.6) is 11.5 Å². The molecule has 2 aliphatic heterocycles. The Balaban J connectivity index is 1.60. The van der Waals surface area contributed by atoms with Crippen LogP contribution in [0.25, 0.3) is 16.9 Å². The molecule has 0 saturated carbocycles. The average Bonchev–Trinajstić information content (AvgIpc) is 2.93. The Morgan fingerprint density at radius 2 is 1.70 bits per heavy atom. The van der Waals surface area contributed by atoms with E-state index in [0.29, 0.717) is 36.0 Å².